The van der Waals surface area contributed by atoms with E-state index < -0.39 is 101 Å². The minimum absolute atomic E-state index is 0.0284. The molecule has 2 amide bonds. The number of ether oxygens (including phenoxy) is 4. The highest BCUT2D eigenvalue weighted by molar-refractivity contribution is 7.89. The number of amides is 2. The lowest BCUT2D eigenvalue weighted by atomic mass is 10.1. The average Bonchev–Trinajstić information content (AvgIpc) is 2.09. The molecule has 3 fully saturated rings. The van der Waals surface area contributed by atoms with Crippen LogP contribution in [0.4, 0.5) is 30.6 Å². The number of aliphatic hydroxyl groups excluding tert-OH is 6. The number of fused-ring (bicyclic) bond motifs is 3. The van der Waals surface area contributed by atoms with Crippen LogP contribution in [0.1, 0.15) is 50.5 Å². The van der Waals surface area contributed by atoms with Gasteiger partial charge in [0, 0.05) is 30.8 Å². The van der Waals surface area contributed by atoms with Crippen LogP contribution in [0.25, 0.3) is 33.5 Å². The van der Waals surface area contributed by atoms with Crippen molar-refractivity contribution in [3.8, 4) is 5.75 Å². The van der Waals surface area contributed by atoms with Gasteiger partial charge in [0.05, 0.1) is 36.6 Å². The smallest absolute Gasteiger partial charge is 0.416 e. The Morgan fingerprint density at radius 1 is 0.562 bits per heavy atom. The fourth-order valence-corrected chi connectivity index (χ4v) is 10.9. The highest BCUT2D eigenvalue weighted by Gasteiger charge is 2.47. The van der Waals surface area contributed by atoms with Crippen LogP contribution in [0.15, 0.2) is 116 Å². The van der Waals surface area contributed by atoms with Crippen LogP contribution in [-0.4, -0.2) is 191 Å². The zero-order chi connectivity index (χ0) is 63.6. The number of imidazole rings is 3. The molecule has 12 rings (SSSR count). The average molecular weight is 1260 g/mol. The van der Waals surface area contributed by atoms with Crippen LogP contribution in [0.3, 0.4) is 0 Å². The first-order chi connectivity index (χ1) is 42.4. The number of halogens is 3. The van der Waals surface area contributed by atoms with Crippen LogP contribution in [0.2, 0.25) is 0 Å². The molecule has 12 atom stereocenters. The maximum Gasteiger partial charge on any atom is 0.416 e. The number of benzene rings is 3. The van der Waals surface area contributed by atoms with Gasteiger partial charge in [-0.05, 0) is 67.1 Å². The van der Waals surface area contributed by atoms with Crippen molar-refractivity contribution in [3.63, 3.8) is 0 Å². The number of rotatable bonds is 14. The van der Waals surface area contributed by atoms with Crippen molar-refractivity contribution >= 4 is 72.8 Å². The number of aliphatic hydroxyl groups is 6. The van der Waals surface area contributed by atoms with Crippen molar-refractivity contribution in [2.24, 2.45) is 0 Å². The van der Waals surface area contributed by atoms with Gasteiger partial charge in [0.25, 0.3) is 11.8 Å². The topological polar surface area (TPSA) is 472 Å². The number of hydrogen-bond acceptors (Lipinski definition) is 26. The molecule has 0 aliphatic carbocycles. The zero-order valence-electron chi connectivity index (χ0n) is 46.5. The first-order valence-corrected chi connectivity index (χ1v) is 28.2. The number of alkyl halides is 3. The van der Waals surface area contributed by atoms with E-state index in [1.165, 1.54) is 96.0 Å². The van der Waals surface area contributed by atoms with E-state index in [1.54, 1.807) is 24.3 Å². The lowest BCUT2D eigenvalue weighted by Gasteiger charge is -2.17. The normalized spacial score (nSPS) is 24.3. The van der Waals surface area contributed by atoms with Gasteiger partial charge in [0.15, 0.2) is 53.1 Å². The van der Waals surface area contributed by atoms with E-state index in [9.17, 15) is 61.8 Å². The molecule has 3 saturated heterocycles. The van der Waals surface area contributed by atoms with E-state index in [-0.39, 0.29) is 70.2 Å². The largest absolute Gasteiger partial charge is 0.497 e. The second kappa shape index (κ2) is 25.9. The van der Waals surface area contributed by atoms with Gasteiger partial charge in [-0.2, -0.15) is 13.2 Å². The van der Waals surface area contributed by atoms with Gasteiger partial charge >= 0.3 is 6.18 Å². The van der Waals surface area contributed by atoms with Crippen molar-refractivity contribution in [2.45, 2.75) is 91.6 Å². The van der Waals surface area contributed by atoms with Crippen molar-refractivity contribution < 1.29 is 80.8 Å². The fourth-order valence-electron chi connectivity index (χ4n) is 9.84. The molecule has 0 bridgehead atoms. The number of nitrogens with two attached hydrogens (primary N) is 3. The molecule has 3 aliphatic rings. The summed E-state index contributed by atoms with van der Waals surface area (Å²) in [7, 11) is -2.38. The van der Waals surface area contributed by atoms with Gasteiger partial charge in [-0.15, -0.1) is 0 Å². The van der Waals surface area contributed by atoms with Crippen LogP contribution in [0.5, 0.6) is 5.75 Å². The second-order valence-electron chi connectivity index (χ2n) is 20.3. The highest BCUT2D eigenvalue weighted by atomic mass is 32.2. The molecule has 6 aromatic heterocycles. The third-order valence-electron chi connectivity index (χ3n) is 14.5. The Labute approximate surface area is 500 Å². The summed E-state index contributed by atoms with van der Waals surface area (Å²) in [6, 6.07) is 17.5. The number of aryl methyl sites for hydroxylation is 1. The summed E-state index contributed by atoms with van der Waals surface area (Å²) in [4.78, 5) is 60.7. The number of anilines is 3. The standard InChI is InChI=1S/C19H19F3N6O4.C17H20N6O6S.C17H18N6O4/c1-8-2-9(4-10(3-8)19(20,21)22)17(31)24-5-11-13(29)14(30)18(32-11)28-7-27-12-15(23)25-6-26-16(12)28;1-28-9-2-4-10(5-3-9)30(26,27)22-6-11-13(24)14(25)17(29-11)23-8-21-12-15(18)19-7-20-16(12)23;18-14-11-15(21-7-20-14)23(8-22-11)17-13(25)12(24)10(27-17)6-19-16(26)9-4-2-1-3-5-9/h2-4,6-7,11,13-14,18,29-30H,5H2,1H3,(H,24,31)(H2,23,25,26);2-5,7-8,11,13-14,17,22,24-25H,6H2,1H3,(H2,18,19,20);1-5,7-8,10,12-13,17,24-25H,6H2,(H,19,26)(H2,18,20,21). The molecule has 470 valence electrons. The highest BCUT2D eigenvalue weighted by Crippen LogP contribution is 2.36. The van der Waals surface area contributed by atoms with Gasteiger partial charge in [-0.25, -0.2) is 58.0 Å². The van der Waals surface area contributed by atoms with Crippen molar-refractivity contribution in [2.75, 3.05) is 43.9 Å². The number of aromatic nitrogens is 12. The van der Waals surface area contributed by atoms with E-state index >= 15 is 0 Å². The maximum atomic E-state index is 13.0. The molecule has 15 N–H and O–H groups in total. The summed E-state index contributed by atoms with van der Waals surface area (Å²) < 4.78 is 92.9. The first-order valence-electron chi connectivity index (χ1n) is 26.7. The lowest BCUT2D eigenvalue weighted by Crippen LogP contribution is -2.39. The van der Waals surface area contributed by atoms with Crippen molar-refractivity contribution in [3.05, 3.63) is 133 Å². The van der Waals surface area contributed by atoms with Gasteiger partial charge in [0.1, 0.15) is 96.2 Å². The van der Waals surface area contributed by atoms with E-state index in [2.05, 4.69) is 60.2 Å². The maximum absolute atomic E-state index is 13.0. The van der Waals surface area contributed by atoms with Gasteiger partial charge in [0.2, 0.25) is 10.0 Å². The minimum atomic E-state index is -4.59. The number of methoxy groups -OCH3 is 1. The molecule has 12 unspecified atom stereocenters. The van der Waals surface area contributed by atoms with Crippen molar-refractivity contribution in [1.29, 1.82) is 0 Å². The SMILES string of the molecule is COc1ccc(S(=O)(=O)NCC2OC(n3cnc4c(N)ncnc43)C(O)C2O)cc1.Cc1cc(C(=O)NCC2OC(n3cnc4c(N)ncnc43)C(O)C2O)cc(C(F)(F)F)c1.Nc1ncnc2c1ncn2C1OC(CNC(=O)c2ccccc2)C(O)C1O. The van der Waals surface area contributed by atoms with E-state index in [1.807, 2.05) is 6.07 Å². The third-order valence-corrected chi connectivity index (χ3v) is 15.9. The number of carbonyl (C=O) groups excluding carboxylic acids is 2. The van der Waals surface area contributed by atoms with E-state index in [4.69, 9.17) is 36.1 Å². The Bertz CT molecular complexity index is 4110. The molecule has 3 aromatic carbocycles. The molecule has 32 nitrogen and oxygen atoms in total. The number of hydrogen-bond donors (Lipinski definition) is 12. The Hall–Kier alpha value is -9.21. The van der Waals surface area contributed by atoms with Gasteiger partial charge in [-0.1, -0.05) is 18.2 Å². The van der Waals surface area contributed by atoms with E-state index in [0.29, 0.717) is 33.6 Å². The van der Waals surface area contributed by atoms with Crippen molar-refractivity contribution in [1.82, 2.24) is 73.9 Å². The zero-order valence-corrected chi connectivity index (χ0v) is 47.3. The molecule has 0 spiro atoms. The quantitative estimate of drug-likeness (QED) is 0.0638. The molecule has 36 heteroatoms. The van der Waals surface area contributed by atoms with E-state index in [0.717, 1.165) is 12.1 Å². The summed E-state index contributed by atoms with van der Waals surface area (Å²) >= 11 is 0. The lowest BCUT2D eigenvalue weighted by molar-refractivity contribution is -0.137. The second-order valence-corrected chi connectivity index (χ2v) is 22.1. The van der Waals surface area contributed by atoms with Crippen LogP contribution in [0, 0.1) is 6.92 Å². The summed E-state index contributed by atoms with van der Waals surface area (Å²) in [5.74, 6) is -0.0537. The molecular formula is C53H57F3N18O14S. The van der Waals surface area contributed by atoms with Gasteiger partial charge in [-0.3, -0.25) is 23.3 Å². The van der Waals surface area contributed by atoms with Crippen LogP contribution in [-0.2, 0) is 30.4 Å². The first kappa shape index (κ1) is 62.8. The summed E-state index contributed by atoms with van der Waals surface area (Å²) in [6.45, 7) is 0.966. The summed E-state index contributed by atoms with van der Waals surface area (Å²) in [5.41, 5.74) is 18.9. The number of nitrogens with zero attached hydrogens (tertiary/aromatic N) is 12. The Balaban J connectivity index is 0.000000148. The molecular weight excluding hydrogens is 1200 g/mol. The fraction of sp³-hybridized carbons (Fsp3) is 0.340. The van der Waals surface area contributed by atoms with Gasteiger partial charge < -0.3 is 77.4 Å². The summed E-state index contributed by atoms with van der Waals surface area (Å²) in [5, 5.41) is 67.5. The minimum Gasteiger partial charge on any atom is -0.497 e. The third kappa shape index (κ3) is 13.2. The molecule has 0 saturated carbocycles. The molecule has 89 heavy (non-hydrogen) atoms. The Kier molecular flexibility index (Phi) is 18.3. The Morgan fingerprint density at radius 2 is 0.966 bits per heavy atom. The number of nitrogens with one attached hydrogen (secondary N) is 3. The molecule has 9 aromatic rings. The molecule has 0 radical (unpaired) electrons. The monoisotopic (exact) mass is 1260 g/mol. The predicted molar refractivity (Wildman–Crippen MR) is 302 cm³/mol. The summed E-state index contributed by atoms with van der Waals surface area (Å²) in [6.07, 6.45) is -10.5. The molecule has 3 aliphatic heterocycles. The van der Waals surface area contributed by atoms with Crippen LogP contribution >= 0.6 is 0 Å². The number of nitrogen functional groups attached to an aromatic ring is 3. The van der Waals surface area contributed by atoms with Crippen LogP contribution < -0.4 is 37.3 Å². The number of sulfonamides is 1. The predicted octanol–water partition coefficient (Wildman–Crippen LogP) is -0.743. The number of carbonyl (C=O) groups is 2. The molecule has 9 heterocycles. The Morgan fingerprint density at radius 3 is 1.37 bits per heavy atom.